The van der Waals surface area contributed by atoms with E-state index in [0.717, 1.165) is 10.8 Å². The summed E-state index contributed by atoms with van der Waals surface area (Å²) in [5.74, 6) is 0.135. The molecule has 2 aromatic rings. The average Bonchev–Trinajstić information content (AvgIpc) is 2.15. The maximum Gasteiger partial charge on any atom is 0.459 e. The van der Waals surface area contributed by atoms with Crippen LogP contribution < -0.4 is 4.74 Å². The van der Waals surface area contributed by atoms with Crippen molar-refractivity contribution in [2.45, 2.75) is 5.02 Å². The summed E-state index contributed by atoms with van der Waals surface area (Å²) in [6.07, 6.45) is 0. The molecule has 0 fully saturated rings. The highest BCUT2D eigenvalue weighted by Gasteiger charge is 2.26. The molecule has 0 aliphatic rings. The number of rotatable bonds is 2. The van der Waals surface area contributed by atoms with Gasteiger partial charge in [0.1, 0.15) is 5.75 Å². The first-order valence-corrected chi connectivity index (χ1v) is 5.08. The van der Waals surface area contributed by atoms with Crippen LogP contribution in [0, 0.1) is 0 Å². The van der Waals surface area contributed by atoms with Crippen molar-refractivity contribution in [3.63, 3.8) is 0 Å². The molecule has 0 atom stereocenters. The van der Waals surface area contributed by atoms with Crippen molar-refractivity contribution in [1.82, 2.24) is 0 Å². The number of alkyl halides is 3. The van der Waals surface area contributed by atoms with Gasteiger partial charge in [0.2, 0.25) is 0 Å². The SMILES string of the molecule is FC(F)(Br)Oc1ccc2ccccc2c1. The minimum Gasteiger partial charge on any atom is -0.424 e. The summed E-state index contributed by atoms with van der Waals surface area (Å²) in [5.41, 5.74) is 0. The Kier molecular flexibility index (Phi) is 2.61. The summed E-state index contributed by atoms with van der Waals surface area (Å²) >= 11 is 2.12. The second kappa shape index (κ2) is 3.77. The molecule has 0 bridgehead atoms. The first-order valence-electron chi connectivity index (χ1n) is 4.29. The number of benzene rings is 2. The highest BCUT2D eigenvalue weighted by Crippen LogP contribution is 2.28. The number of hydrogen-bond donors (Lipinski definition) is 0. The molecule has 0 aliphatic heterocycles. The number of fused-ring (bicyclic) bond motifs is 1. The molecule has 0 heterocycles. The van der Waals surface area contributed by atoms with Gasteiger partial charge >= 0.3 is 5.02 Å². The lowest BCUT2D eigenvalue weighted by Gasteiger charge is -2.11. The van der Waals surface area contributed by atoms with Crippen molar-refractivity contribution in [1.29, 1.82) is 0 Å². The third-order valence-electron chi connectivity index (χ3n) is 1.95. The Morgan fingerprint density at radius 2 is 1.67 bits per heavy atom. The summed E-state index contributed by atoms with van der Waals surface area (Å²) < 4.78 is 29.4. The lowest BCUT2D eigenvalue weighted by atomic mass is 10.1. The Labute approximate surface area is 93.8 Å². The van der Waals surface area contributed by atoms with E-state index in [2.05, 4.69) is 20.7 Å². The van der Waals surface area contributed by atoms with E-state index in [1.807, 2.05) is 24.3 Å². The van der Waals surface area contributed by atoms with Gasteiger partial charge in [-0.3, -0.25) is 0 Å². The average molecular weight is 273 g/mol. The van der Waals surface area contributed by atoms with Crippen molar-refractivity contribution in [2.24, 2.45) is 0 Å². The molecule has 0 aromatic heterocycles. The van der Waals surface area contributed by atoms with Gasteiger partial charge < -0.3 is 4.74 Å². The minimum atomic E-state index is -3.32. The standard InChI is InChI=1S/C11H7BrF2O/c12-11(13,14)15-10-6-5-8-3-1-2-4-9(8)7-10/h1-7H. The van der Waals surface area contributed by atoms with E-state index in [4.69, 9.17) is 0 Å². The van der Waals surface area contributed by atoms with Gasteiger partial charge in [-0.05, 0) is 22.9 Å². The quantitative estimate of drug-likeness (QED) is 0.746. The minimum absolute atomic E-state index is 0.135. The molecule has 0 saturated heterocycles. The molecule has 0 amide bonds. The molecule has 0 N–H and O–H groups in total. The van der Waals surface area contributed by atoms with E-state index >= 15 is 0 Å². The maximum atomic E-state index is 12.5. The zero-order chi connectivity index (χ0) is 10.9. The lowest BCUT2D eigenvalue weighted by molar-refractivity contribution is -0.0802. The topological polar surface area (TPSA) is 9.23 Å². The molecule has 0 aliphatic carbocycles. The van der Waals surface area contributed by atoms with Crippen molar-refractivity contribution in [2.75, 3.05) is 0 Å². The molecule has 2 aromatic carbocycles. The van der Waals surface area contributed by atoms with E-state index in [9.17, 15) is 8.78 Å². The highest BCUT2D eigenvalue weighted by molar-refractivity contribution is 9.09. The molecular weight excluding hydrogens is 266 g/mol. The van der Waals surface area contributed by atoms with E-state index in [-0.39, 0.29) is 5.75 Å². The Morgan fingerprint density at radius 1 is 1.00 bits per heavy atom. The van der Waals surface area contributed by atoms with Gasteiger partial charge in [-0.1, -0.05) is 30.3 Å². The molecule has 1 nitrogen and oxygen atoms in total. The van der Waals surface area contributed by atoms with E-state index < -0.39 is 5.02 Å². The van der Waals surface area contributed by atoms with E-state index in [0.29, 0.717) is 0 Å². The molecule has 15 heavy (non-hydrogen) atoms. The van der Waals surface area contributed by atoms with E-state index in [1.54, 1.807) is 12.1 Å². The number of hydrogen-bond acceptors (Lipinski definition) is 1. The molecule has 0 radical (unpaired) electrons. The van der Waals surface area contributed by atoms with E-state index in [1.165, 1.54) is 6.07 Å². The van der Waals surface area contributed by atoms with Gasteiger partial charge in [-0.25, -0.2) is 0 Å². The summed E-state index contributed by atoms with van der Waals surface area (Å²) in [7, 11) is 0. The third-order valence-corrected chi connectivity index (χ3v) is 2.12. The Balaban J connectivity index is 2.39. The molecular formula is C11H7BrF2O. The summed E-state index contributed by atoms with van der Waals surface area (Å²) in [5, 5.41) is -1.47. The summed E-state index contributed by atoms with van der Waals surface area (Å²) in [6.45, 7) is 0. The summed E-state index contributed by atoms with van der Waals surface area (Å²) in [4.78, 5) is 0. The predicted molar refractivity (Wildman–Crippen MR) is 58.5 cm³/mol. The van der Waals surface area contributed by atoms with Crippen LogP contribution in [0.15, 0.2) is 42.5 Å². The Morgan fingerprint density at radius 3 is 2.33 bits per heavy atom. The van der Waals surface area contributed by atoms with Crippen molar-refractivity contribution in [3.05, 3.63) is 42.5 Å². The third kappa shape index (κ3) is 2.65. The molecule has 4 heteroatoms. The van der Waals surface area contributed by atoms with Crippen LogP contribution in [0.2, 0.25) is 0 Å². The fourth-order valence-corrected chi connectivity index (χ4v) is 1.55. The second-order valence-electron chi connectivity index (χ2n) is 3.06. The van der Waals surface area contributed by atoms with Crippen LogP contribution in [0.25, 0.3) is 10.8 Å². The number of ether oxygens (including phenoxy) is 1. The maximum absolute atomic E-state index is 12.5. The molecule has 2 rings (SSSR count). The van der Waals surface area contributed by atoms with Crippen molar-refractivity contribution >= 4 is 26.7 Å². The van der Waals surface area contributed by atoms with Gasteiger partial charge in [0.25, 0.3) is 0 Å². The van der Waals surface area contributed by atoms with Gasteiger partial charge in [0, 0.05) is 15.9 Å². The van der Waals surface area contributed by atoms with Gasteiger partial charge in [0.15, 0.2) is 0 Å². The predicted octanol–water partition coefficient (Wildman–Crippen LogP) is 4.16. The monoisotopic (exact) mass is 272 g/mol. The van der Waals surface area contributed by atoms with Crippen molar-refractivity contribution in [3.8, 4) is 5.75 Å². The fraction of sp³-hybridized carbons (Fsp3) is 0.0909. The van der Waals surface area contributed by atoms with Crippen LogP contribution in [0.3, 0.4) is 0 Å². The van der Waals surface area contributed by atoms with Crippen LogP contribution in [0.1, 0.15) is 0 Å². The lowest BCUT2D eigenvalue weighted by Crippen LogP contribution is -2.14. The summed E-state index contributed by atoms with van der Waals surface area (Å²) in [6, 6.07) is 12.3. The van der Waals surface area contributed by atoms with Crippen molar-refractivity contribution < 1.29 is 13.5 Å². The molecule has 0 unspecified atom stereocenters. The first-order chi connectivity index (χ1) is 7.04. The zero-order valence-corrected chi connectivity index (χ0v) is 9.17. The first kappa shape index (κ1) is 10.4. The van der Waals surface area contributed by atoms with Gasteiger partial charge in [-0.15, -0.1) is 0 Å². The smallest absolute Gasteiger partial charge is 0.424 e. The fourth-order valence-electron chi connectivity index (χ4n) is 1.36. The Bertz CT molecular complexity index is 479. The van der Waals surface area contributed by atoms with Crippen LogP contribution in [-0.4, -0.2) is 5.02 Å². The molecule has 0 spiro atoms. The van der Waals surface area contributed by atoms with Crippen LogP contribution >= 0.6 is 15.9 Å². The largest absolute Gasteiger partial charge is 0.459 e. The van der Waals surface area contributed by atoms with Crippen LogP contribution in [0.5, 0.6) is 5.75 Å². The van der Waals surface area contributed by atoms with Crippen LogP contribution in [0.4, 0.5) is 8.78 Å². The number of halogens is 3. The second-order valence-corrected chi connectivity index (χ2v) is 3.98. The molecule has 0 saturated carbocycles. The van der Waals surface area contributed by atoms with Crippen LogP contribution in [-0.2, 0) is 0 Å². The van der Waals surface area contributed by atoms with Gasteiger partial charge in [-0.2, -0.15) is 8.78 Å². The normalized spacial score (nSPS) is 11.7. The zero-order valence-electron chi connectivity index (χ0n) is 7.58. The Hall–Kier alpha value is -1.16. The highest BCUT2D eigenvalue weighted by atomic mass is 79.9. The molecule has 78 valence electrons. The van der Waals surface area contributed by atoms with Gasteiger partial charge in [0.05, 0.1) is 0 Å².